The Morgan fingerprint density at radius 2 is 2.21 bits per heavy atom. The molecule has 0 aliphatic carbocycles. The van der Waals surface area contributed by atoms with Crippen LogP contribution in [0.3, 0.4) is 0 Å². The summed E-state index contributed by atoms with van der Waals surface area (Å²) in [5.74, 6) is 1.31. The maximum absolute atomic E-state index is 6.09. The van der Waals surface area contributed by atoms with Crippen LogP contribution in [0.25, 0.3) is 11.5 Å². The van der Waals surface area contributed by atoms with Crippen molar-refractivity contribution in [3.05, 3.63) is 29.3 Å². The van der Waals surface area contributed by atoms with E-state index in [2.05, 4.69) is 10.2 Å². The van der Waals surface area contributed by atoms with Crippen LogP contribution in [0.2, 0.25) is 5.02 Å². The lowest BCUT2D eigenvalue weighted by Gasteiger charge is -2.05. The average Bonchev–Trinajstić information content (AvgIpc) is 3.08. The molecule has 1 aliphatic rings. The molecule has 0 radical (unpaired) electrons. The van der Waals surface area contributed by atoms with Gasteiger partial charge in [-0.2, -0.15) is 0 Å². The third kappa shape index (κ3) is 3.11. The van der Waals surface area contributed by atoms with Gasteiger partial charge in [0, 0.05) is 12.4 Å². The molecule has 0 amide bonds. The maximum Gasteiger partial charge on any atom is 0.276 e. The minimum Gasteiger partial charge on any atom is -0.411 e. The largest absolute Gasteiger partial charge is 0.411 e. The van der Waals surface area contributed by atoms with E-state index in [4.69, 9.17) is 20.8 Å². The zero-order valence-corrected chi connectivity index (χ0v) is 11.8. The summed E-state index contributed by atoms with van der Waals surface area (Å²) in [4.78, 5) is 0. The van der Waals surface area contributed by atoms with E-state index in [0.29, 0.717) is 22.2 Å². The van der Waals surface area contributed by atoms with Crippen LogP contribution in [0.5, 0.6) is 0 Å². The van der Waals surface area contributed by atoms with E-state index in [1.54, 1.807) is 6.07 Å². The third-order valence-electron chi connectivity index (χ3n) is 2.93. The van der Waals surface area contributed by atoms with Gasteiger partial charge >= 0.3 is 0 Å². The van der Waals surface area contributed by atoms with Crippen LogP contribution in [0.1, 0.15) is 12.8 Å². The molecule has 2 aromatic rings. The van der Waals surface area contributed by atoms with Crippen molar-refractivity contribution in [2.45, 2.75) is 24.2 Å². The molecule has 0 saturated carbocycles. The molecule has 1 saturated heterocycles. The van der Waals surface area contributed by atoms with E-state index >= 15 is 0 Å². The van der Waals surface area contributed by atoms with Crippen LogP contribution in [-0.2, 0) is 4.74 Å². The number of aromatic nitrogens is 2. The fourth-order valence-corrected chi connectivity index (χ4v) is 3.00. The highest BCUT2D eigenvalue weighted by molar-refractivity contribution is 7.99. The quantitative estimate of drug-likeness (QED) is 0.806. The Morgan fingerprint density at radius 3 is 3.00 bits per heavy atom. The highest BCUT2D eigenvalue weighted by atomic mass is 35.5. The third-order valence-corrected chi connectivity index (χ3v) is 4.21. The second-order valence-electron chi connectivity index (χ2n) is 4.30. The number of hydrogen-bond acceptors (Lipinski definition) is 5. The predicted octanol–water partition coefficient (Wildman–Crippen LogP) is 3.66. The van der Waals surface area contributed by atoms with Crippen LogP contribution in [0.4, 0.5) is 0 Å². The summed E-state index contributed by atoms with van der Waals surface area (Å²) in [5, 5.41) is 9.23. The number of rotatable bonds is 4. The van der Waals surface area contributed by atoms with Crippen LogP contribution in [-0.4, -0.2) is 28.7 Å². The van der Waals surface area contributed by atoms with E-state index in [1.807, 2.05) is 18.2 Å². The summed E-state index contributed by atoms with van der Waals surface area (Å²) in [6, 6.07) is 7.44. The first-order valence-corrected chi connectivity index (χ1v) is 7.52. The van der Waals surface area contributed by atoms with Crippen molar-refractivity contribution in [2.24, 2.45) is 0 Å². The molecule has 4 nitrogen and oxygen atoms in total. The molecule has 1 aromatic heterocycles. The first-order valence-electron chi connectivity index (χ1n) is 6.16. The number of ether oxygens (including phenoxy) is 1. The van der Waals surface area contributed by atoms with Gasteiger partial charge in [0.15, 0.2) is 0 Å². The Morgan fingerprint density at radius 1 is 1.32 bits per heavy atom. The van der Waals surface area contributed by atoms with Crippen LogP contribution >= 0.6 is 23.4 Å². The van der Waals surface area contributed by atoms with Crippen molar-refractivity contribution >= 4 is 23.4 Å². The van der Waals surface area contributed by atoms with Gasteiger partial charge in [0.25, 0.3) is 5.22 Å². The SMILES string of the molecule is Clc1ccccc1-c1nnc(SC[C@H]2CCCO2)o1. The summed E-state index contributed by atoms with van der Waals surface area (Å²) < 4.78 is 11.2. The van der Waals surface area contributed by atoms with Crippen molar-refractivity contribution in [3.8, 4) is 11.5 Å². The van der Waals surface area contributed by atoms with E-state index in [9.17, 15) is 0 Å². The molecule has 0 spiro atoms. The highest BCUT2D eigenvalue weighted by Gasteiger charge is 2.18. The molecule has 2 heterocycles. The summed E-state index contributed by atoms with van der Waals surface area (Å²) in [6.07, 6.45) is 2.55. The Bertz CT molecular complexity index is 555. The molecule has 1 aliphatic heterocycles. The van der Waals surface area contributed by atoms with Crippen molar-refractivity contribution < 1.29 is 9.15 Å². The first kappa shape index (κ1) is 13.0. The second-order valence-corrected chi connectivity index (χ2v) is 5.68. The Kier molecular flexibility index (Phi) is 4.06. The van der Waals surface area contributed by atoms with Crippen molar-refractivity contribution in [2.75, 3.05) is 12.4 Å². The minimum atomic E-state index is 0.306. The van der Waals surface area contributed by atoms with Crippen molar-refractivity contribution in [3.63, 3.8) is 0 Å². The Hall–Kier alpha value is -1.04. The Labute approximate surface area is 120 Å². The lowest BCUT2D eigenvalue weighted by Crippen LogP contribution is -2.07. The number of nitrogens with zero attached hydrogens (tertiary/aromatic N) is 2. The van der Waals surface area contributed by atoms with Crippen LogP contribution < -0.4 is 0 Å². The number of benzene rings is 1. The fraction of sp³-hybridized carbons (Fsp3) is 0.385. The van der Waals surface area contributed by atoms with E-state index < -0.39 is 0 Å². The topological polar surface area (TPSA) is 48.2 Å². The van der Waals surface area contributed by atoms with Gasteiger partial charge in [-0.15, -0.1) is 10.2 Å². The lowest BCUT2D eigenvalue weighted by molar-refractivity contribution is 0.128. The summed E-state index contributed by atoms with van der Waals surface area (Å²) >= 11 is 7.62. The van der Waals surface area contributed by atoms with Gasteiger partial charge < -0.3 is 9.15 Å². The maximum atomic E-state index is 6.09. The van der Waals surface area contributed by atoms with Gasteiger partial charge in [-0.05, 0) is 25.0 Å². The summed E-state index contributed by atoms with van der Waals surface area (Å²) in [7, 11) is 0. The summed E-state index contributed by atoms with van der Waals surface area (Å²) in [5.41, 5.74) is 0.764. The molecule has 0 N–H and O–H groups in total. The summed E-state index contributed by atoms with van der Waals surface area (Å²) in [6.45, 7) is 0.861. The minimum absolute atomic E-state index is 0.306. The van der Waals surface area contributed by atoms with E-state index in [0.717, 1.165) is 30.8 Å². The molecule has 19 heavy (non-hydrogen) atoms. The van der Waals surface area contributed by atoms with Gasteiger partial charge in [0.2, 0.25) is 5.89 Å². The standard InChI is InChI=1S/C13H13ClN2O2S/c14-11-6-2-1-5-10(11)12-15-16-13(18-12)19-8-9-4-3-7-17-9/h1-2,5-6,9H,3-4,7-8H2/t9-/m1/s1. The molecule has 100 valence electrons. The highest BCUT2D eigenvalue weighted by Crippen LogP contribution is 2.29. The fourth-order valence-electron chi connectivity index (χ4n) is 1.95. The van der Waals surface area contributed by atoms with Gasteiger partial charge in [-0.25, -0.2) is 0 Å². The van der Waals surface area contributed by atoms with Crippen LogP contribution in [0.15, 0.2) is 33.9 Å². The van der Waals surface area contributed by atoms with Gasteiger partial charge in [0.05, 0.1) is 16.7 Å². The number of halogens is 1. The molecule has 1 aromatic carbocycles. The van der Waals surface area contributed by atoms with Gasteiger partial charge in [-0.3, -0.25) is 0 Å². The molecule has 0 bridgehead atoms. The molecular formula is C13H13ClN2O2S. The molecule has 1 atom stereocenters. The molecule has 3 rings (SSSR count). The molecule has 1 fully saturated rings. The number of hydrogen-bond donors (Lipinski definition) is 0. The van der Waals surface area contributed by atoms with Crippen LogP contribution in [0, 0.1) is 0 Å². The molecular weight excluding hydrogens is 284 g/mol. The smallest absolute Gasteiger partial charge is 0.276 e. The lowest BCUT2D eigenvalue weighted by atomic mass is 10.2. The van der Waals surface area contributed by atoms with Gasteiger partial charge in [0.1, 0.15) is 0 Å². The first-order chi connectivity index (χ1) is 9.33. The van der Waals surface area contributed by atoms with E-state index in [1.165, 1.54) is 11.8 Å². The van der Waals surface area contributed by atoms with E-state index in [-0.39, 0.29) is 0 Å². The normalized spacial score (nSPS) is 18.9. The second kappa shape index (κ2) is 5.94. The number of thioether (sulfide) groups is 1. The van der Waals surface area contributed by atoms with Crippen molar-refractivity contribution in [1.29, 1.82) is 0 Å². The Balaban J connectivity index is 1.67. The molecule has 6 heteroatoms. The average molecular weight is 297 g/mol. The monoisotopic (exact) mass is 296 g/mol. The van der Waals surface area contributed by atoms with Gasteiger partial charge in [-0.1, -0.05) is 35.5 Å². The van der Waals surface area contributed by atoms with Crippen molar-refractivity contribution in [1.82, 2.24) is 10.2 Å². The zero-order chi connectivity index (χ0) is 13.1. The zero-order valence-electron chi connectivity index (χ0n) is 10.2. The molecule has 0 unspecified atom stereocenters. The predicted molar refractivity (Wildman–Crippen MR) is 74.4 cm³/mol.